The van der Waals surface area contributed by atoms with Crippen LogP contribution in [-0.2, 0) is 23.0 Å². The molecule has 0 saturated carbocycles. The van der Waals surface area contributed by atoms with E-state index in [0.29, 0.717) is 6.54 Å². The molecule has 1 rings (SSSR count). The van der Waals surface area contributed by atoms with Gasteiger partial charge in [0.25, 0.3) is 0 Å². The van der Waals surface area contributed by atoms with E-state index in [1.807, 2.05) is 27.0 Å². The Hall–Kier alpha value is -1.36. The van der Waals surface area contributed by atoms with E-state index in [2.05, 4.69) is 10.4 Å². The average Bonchev–Trinajstić information content (AvgIpc) is 2.61. The van der Waals surface area contributed by atoms with Crippen LogP contribution < -0.4 is 5.32 Å². The summed E-state index contributed by atoms with van der Waals surface area (Å²) < 4.78 is 6.99. The SMILES string of the molecule is CC(C)OCC(=O)NCCc1ccnn1C. The van der Waals surface area contributed by atoms with Crippen molar-refractivity contribution >= 4 is 5.91 Å². The fourth-order valence-electron chi connectivity index (χ4n) is 1.27. The van der Waals surface area contributed by atoms with Crippen molar-refractivity contribution in [3.8, 4) is 0 Å². The minimum Gasteiger partial charge on any atom is -0.369 e. The second kappa shape index (κ2) is 6.27. The van der Waals surface area contributed by atoms with E-state index in [1.165, 1.54) is 0 Å². The van der Waals surface area contributed by atoms with Crippen LogP contribution in [0.3, 0.4) is 0 Å². The topological polar surface area (TPSA) is 56.1 Å². The molecule has 0 aliphatic rings. The predicted octanol–water partition coefficient (Wildman–Crippen LogP) is 0.504. The van der Waals surface area contributed by atoms with E-state index in [9.17, 15) is 4.79 Å². The molecule has 0 aromatic carbocycles. The first kappa shape index (κ1) is 12.7. The average molecular weight is 225 g/mol. The molecule has 0 spiro atoms. The maximum absolute atomic E-state index is 11.3. The third-order valence-corrected chi connectivity index (χ3v) is 2.17. The number of nitrogens with zero attached hydrogens (tertiary/aromatic N) is 2. The number of carbonyl (C=O) groups excluding carboxylic acids is 1. The van der Waals surface area contributed by atoms with Gasteiger partial charge >= 0.3 is 0 Å². The van der Waals surface area contributed by atoms with E-state index in [0.717, 1.165) is 12.1 Å². The smallest absolute Gasteiger partial charge is 0.246 e. The van der Waals surface area contributed by atoms with Crippen molar-refractivity contribution < 1.29 is 9.53 Å². The van der Waals surface area contributed by atoms with Crippen LogP contribution in [0.15, 0.2) is 12.3 Å². The van der Waals surface area contributed by atoms with Crippen LogP contribution in [-0.4, -0.2) is 34.9 Å². The van der Waals surface area contributed by atoms with Crippen LogP contribution >= 0.6 is 0 Å². The molecule has 0 unspecified atom stereocenters. The van der Waals surface area contributed by atoms with E-state index in [4.69, 9.17) is 4.74 Å². The van der Waals surface area contributed by atoms with Gasteiger partial charge in [-0.05, 0) is 19.9 Å². The van der Waals surface area contributed by atoms with Gasteiger partial charge in [-0.2, -0.15) is 5.10 Å². The second-order valence-electron chi connectivity index (χ2n) is 3.91. The molecule has 0 aliphatic carbocycles. The number of hydrogen-bond donors (Lipinski definition) is 1. The van der Waals surface area contributed by atoms with Crippen LogP contribution in [0.2, 0.25) is 0 Å². The molecule has 1 heterocycles. The van der Waals surface area contributed by atoms with Crippen LogP contribution in [0.5, 0.6) is 0 Å². The lowest BCUT2D eigenvalue weighted by molar-refractivity contribution is -0.127. The molecule has 0 bridgehead atoms. The fourth-order valence-corrected chi connectivity index (χ4v) is 1.27. The van der Waals surface area contributed by atoms with Gasteiger partial charge in [-0.3, -0.25) is 9.48 Å². The molecular weight excluding hydrogens is 206 g/mol. The highest BCUT2D eigenvalue weighted by molar-refractivity contribution is 5.77. The molecular formula is C11H19N3O2. The lowest BCUT2D eigenvalue weighted by Gasteiger charge is -2.08. The van der Waals surface area contributed by atoms with Crippen LogP contribution in [0.4, 0.5) is 0 Å². The zero-order chi connectivity index (χ0) is 12.0. The highest BCUT2D eigenvalue weighted by atomic mass is 16.5. The molecule has 1 aromatic heterocycles. The summed E-state index contributed by atoms with van der Waals surface area (Å²) in [5, 5.41) is 6.85. The molecule has 0 aliphatic heterocycles. The number of amides is 1. The Morgan fingerprint density at radius 2 is 2.38 bits per heavy atom. The van der Waals surface area contributed by atoms with E-state index < -0.39 is 0 Å². The van der Waals surface area contributed by atoms with Crippen molar-refractivity contribution in [2.24, 2.45) is 7.05 Å². The van der Waals surface area contributed by atoms with E-state index >= 15 is 0 Å². The summed E-state index contributed by atoms with van der Waals surface area (Å²) in [5.41, 5.74) is 1.10. The Bertz CT molecular complexity index is 334. The molecule has 0 fully saturated rings. The summed E-state index contributed by atoms with van der Waals surface area (Å²) in [6.45, 7) is 4.55. The van der Waals surface area contributed by atoms with Gasteiger partial charge in [0, 0.05) is 31.9 Å². The Morgan fingerprint density at radius 3 is 2.94 bits per heavy atom. The molecule has 0 atom stereocenters. The molecule has 5 heteroatoms. The molecule has 90 valence electrons. The molecule has 0 saturated heterocycles. The normalized spacial score (nSPS) is 10.8. The maximum Gasteiger partial charge on any atom is 0.246 e. The first-order chi connectivity index (χ1) is 7.59. The van der Waals surface area contributed by atoms with Crippen LogP contribution in [0, 0.1) is 0 Å². The molecule has 1 N–H and O–H groups in total. The van der Waals surface area contributed by atoms with Gasteiger partial charge in [-0.1, -0.05) is 0 Å². The molecule has 16 heavy (non-hydrogen) atoms. The summed E-state index contributed by atoms with van der Waals surface area (Å²) in [6.07, 6.45) is 2.62. The van der Waals surface area contributed by atoms with Crippen LogP contribution in [0.1, 0.15) is 19.5 Å². The highest BCUT2D eigenvalue weighted by Gasteiger charge is 2.03. The number of aromatic nitrogens is 2. The standard InChI is InChI=1S/C11H19N3O2/c1-9(2)16-8-11(15)12-6-4-10-5-7-13-14(10)3/h5,7,9H,4,6,8H2,1-3H3,(H,12,15). The van der Waals surface area contributed by atoms with Gasteiger partial charge in [0.05, 0.1) is 6.10 Å². The van der Waals surface area contributed by atoms with Crippen LogP contribution in [0.25, 0.3) is 0 Å². The molecule has 1 amide bonds. The van der Waals surface area contributed by atoms with E-state index in [-0.39, 0.29) is 18.6 Å². The lowest BCUT2D eigenvalue weighted by Crippen LogP contribution is -2.30. The van der Waals surface area contributed by atoms with Gasteiger partial charge in [0.2, 0.25) is 5.91 Å². The summed E-state index contributed by atoms with van der Waals surface area (Å²) in [5.74, 6) is -0.0733. The zero-order valence-electron chi connectivity index (χ0n) is 10.1. The van der Waals surface area contributed by atoms with Crippen molar-refractivity contribution in [2.45, 2.75) is 26.4 Å². The molecule has 1 aromatic rings. The number of ether oxygens (including phenoxy) is 1. The lowest BCUT2D eigenvalue weighted by atomic mass is 10.3. The van der Waals surface area contributed by atoms with Gasteiger partial charge < -0.3 is 10.1 Å². The fraction of sp³-hybridized carbons (Fsp3) is 0.636. The van der Waals surface area contributed by atoms with Crippen molar-refractivity contribution in [3.63, 3.8) is 0 Å². The minimum absolute atomic E-state index is 0.0733. The molecule has 5 nitrogen and oxygen atoms in total. The highest BCUT2D eigenvalue weighted by Crippen LogP contribution is 1.96. The number of carbonyl (C=O) groups is 1. The Kier molecular flexibility index (Phi) is 4.98. The summed E-state index contributed by atoms with van der Waals surface area (Å²) in [4.78, 5) is 11.3. The van der Waals surface area contributed by atoms with E-state index in [1.54, 1.807) is 10.9 Å². The second-order valence-corrected chi connectivity index (χ2v) is 3.91. The van der Waals surface area contributed by atoms with Gasteiger partial charge in [-0.25, -0.2) is 0 Å². The van der Waals surface area contributed by atoms with Crippen molar-refractivity contribution in [2.75, 3.05) is 13.2 Å². The van der Waals surface area contributed by atoms with Crippen molar-refractivity contribution in [3.05, 3.63) is 18.0 Å². The number of nitrogens with one attached hydrogen (secondary N) is 1. The molecule has 0 radical (unpaired) electrons. The summed E-state index contributed by atoms with van der Waals surface area (Å²) >= 11 is 0. The number of aryl methyl sites for hydroxylation is 1. The third kappa shape index (κ3) is 4.44. The monoisotopic (exact) mass is 225 g/mol. The number of hydrogen-bond acceptors (Lipinski definition) is 3. The Labute approximate surface area is 95.8 Å². The third-order valence-electron chi connectivity index (χ3n) is 2.17. The van der Waals surface area contributed by atoms with Crippen molar-refractivity contribution in [1.29, 1.82) is 0 Å². The first-order valence-corrected chi connectivity index (χ1v) is 5.44. The van der Waals surface area contributed by atoms with Crippen molar-refractivity contribution in [1.82, 2.24) is 15.1 Å². The van der Waals surface area contributed by atoms with Gasteiger partial charge in [0.1, 0.15) is 6.61 Å². The first-order valence-electron chi connectivity index (χ1n) is 5.44. The largest absolute Gasteiger partial charge is 0.369 e. The van der Waals surface area contributed by atoms with Gasteiger partial charge in [0.15, 0.2) is 0 Å². The predicted molar refractivity (Wildman–Crippen MR) is 61.0 cm³/mol. The summed E-state index contributed by atoms with van der Waals surface area (Å²) in [7, 11) is 1.89. The minimum atomic E-state index is -0.0733. The Morgan fingerprint density at radius 1 is 1.62 bits per heavy atom. The number of rotatable bonds is 6. The maximum atomic E-state index is 11.3. The Balaban J connectivity index is 2.16. The zero-order valence-corrected chi connectivity index (χ0v) is 10.1. The van der Waals surface area contributed by atoms with Gasteiger partial charge in [-0.15, -0.1) is 0 Å². The quantitative estimate of drug-likeness (QED) is 0.767. The summed E-state index contributed by atoms with van der Waals surface area (Å²) in [6, 6.07) is 1.94.